The third kappa shape index (κ3) is 3.53. The summed E-state index contributed by atoms with van der Waals surface area (Å²) in [5.74, 6) is -0.0596. The van der Waals surface area contributed by atoms with E-state index in [1.807, 2.05) is 26.0 Å². The van der Waals surface area contributed by atoms with Gasteiger partial charge in [-0.2, -0.15) is 0 Å². The van der Waals surface area contributed by atoms with Gasteiger partial charge in [0.25, 0.3) is 0 Å². The summed E-state index contributed by atoms with van der Waals surface area (Å²) < 4.78 is 13.6. The van der Waals surface area contributed by atoms with Crippen molar-refractivity contribution in [3.05, 3.63) is 34.6 Å². The first kappa shape index (κ1) is 13.5. The minimum absolute atomic E-state index is 0.0596. The van der Waals surface area contributed by atoms with E-state index in [9.17, 15) is 4.39 Å². The van der Waals surface area contributed by atoms with Crippen LogP contribution in [-0.4, -0.2) is 31.1 Å². The third-order valence-corrected chi connectivity index (χ3v) is 3.56. The zero-order valence-electron chi connectivity index (χ0n) is 11.4. The van der Waals surface area contributed by atoms with E-state index in [0.29, 0.717) is 0 Å². The highest BCUT2D eigenvalue weighted by molar-refractivity contribution is 5.30. The normalized spacial score (nSPS) is 18.4. The molecule has 0 aromatic heterocycles. The van der Waals surface area contributed by atoms with Gasteiger partial charge in [-0.05, 0) is 69.6 Å². The molecule has 0 radical (unpaired) electrons. The first-order chi connectivity index (χ1) is 8.66. The van der Waals surface area contributed by atoms with Crippen LogP contribution in [0.25, 0.3) is 0 Å². The van der Waals surface area contributed by atoms with Gasteiger partial charge in [-0.1, -0.05) is 12.1 Å². The molecular weight excluding hydrogens is 227 g/mol. The molecule has 3 heteroatoms. The fourth-order valence-corrected chi connectivity index (χ4v) is 2.64. The van der Waals surface area contributed by atoms with Gasteiger partial charge >= 0.3 is 0 Å². The smallest absolute Gasteiger partial charge is 0.129 e. The summed E-state index contributed by atoms with van der Waals surface area (Å²) in [4.78, 5) is 2.48. The average molecular weight is 250 g/mol. The molecule has 0 amide bonds. The molecule has 18 heavy (non-hydrogen) atoms. The van der Waals surface area contributed by atoms with E-state index in [4.69, 9.17) is 0 Å². The molecule has 1 heterocycles. The van der Waals surface area contributed by atoms with Crippen LogP contribution in [0, 0.1) is 19.7 Å². The maximum atomic E-state index is 13.6. The molecule has 0 spiro atoms. The standard InChI is InChI=1S/C15H23FN2/c1-12-9-14(10-13(2)15(12)16)11-18-7-3-5-17-6-4-8-18/h9-10,17H,3-8,11H2,1-2H3. The molecule has 0 saturated carbocycles. The van der Waals surface area contributed by atoms with Gasteiger partial charge in [0, 0.05) is 6.54 Å². The minimum atomic E-state index is -0.0596. The summed E-state index contributed by atoms with van der Waals surface area (Å²) in [6.45, 7) is 9.12. The van der Waals surface area contributed by atoms with Crippen LogP contribution in [0.2, 0.25) is 0 Å². The van der Waals surface area contributed by atoms with Crippen molar-refractivity contribution in [2.45, 2.75) is 33.2 Å². The van der Waals surface area contributed by atoms with Crippen LogP contribution in [0.4, 0.5) is 4.39 Å². The van der Waals surface area contributed by atoms with E-state index in [-0.39, 0.29) is 5.82 Å². The maximum absolute atomic E-state index is 13.6. The molecule has 0 unspecified atom stereocenters. The molecule has 0 bridgehead atoms. The van der Waals surface area contributed by atoms with Crippen LogP contribution < -0.4 is 5.32 Å². The Balaban J connectivity index is 2.03. The predicted octanol–water partition coefficient (Wildman–Crippen LogP) is 2.63. The molecule has 1 aromatic rings. The number of benzene rings is 1. The Morgan fingerprint density at radius 1 is 1.11 bits per heavy atom. The van der Waals surface area contributed by atoms with E-state index >= 15 is 0 Å². The third-order valence-electron chi connectivity index (χ3n) is 3.56. The van der Waals surface area contributed by atoms with Crippen LogP contribution in [-0.2, 0) is 6.54 Å². The van der Waals surface area contributed by atoms with E-state index in [1.54, 1.807) is 0 Å². The highest BCUT2D eigenvalue weighted by atomic mass is 19.1. The summed E-state index contributed by atoms with van der Waals surface area (Å²) >= 11 is 0. The van der Waals surface area contributed by atoms with Crippen LogP contribution in [0.15, 0.2) is 12.1 Å². The quantitative estimate of drug-likeness (QED) is 0.868. The second-order valence-corrected chi connectivity index (χ2v) is 5.28. The lowest BCUT2D eigenvalue weighted by atomic mass is 10.1. The Bertz CT molecular complexity index is 372. The zero-order chi connectivity index (χ0) is 13.0. The second kappa shape index (κ2) is 6.30. The first-order valence-corrected chi connectivity index (χ1v) is 6.85. The summed E-state index contributed by atoms with van der Waals surface area (Å²) in [5, 5.41) is 3.42. The van der Waals surface area contributed by atoms with Gasteiger partial charge in [-0.15, -0.1) is 0 Å². The number of hydrogen-bond acceptors (Lipinski definition) is 2. The lowest BCUT2D eigenvalue weighted by Gasteiger charge is -2.25. The van der Waals surface area contributed by atoms with Crippen molar-refractivity contribution in [2.24, 2.45) is 0 Å². The molecule has 1 fully saturated rings. The molecule has 1 aliphatic rings. The van der Waals surface area contributed by atoms with Crippen molar-refractivity contribution >= 4 is 0 Å². The van der Waals surface area contributed by atoms with Gasteiger partial charge in [-0.25, -0.2) is 4.39 Å². The van der Waals surface area contributed by atoms with E-state index in [1.165, 1.54) is 18.4 Å². The number of halogens is 1. The largest absolute Gasteiger partial charge is 0.317 e. The molecule has 2 nitrogen and oxygen atoms in total. The molecule has 100 valence electrons. The molecular formula is C15H23FN2. The highest BCUT2D eigenvalue weighted by Gasteiger charge is 2.10. The van der Waals surface area contributed by atoms with Crippen molar-refractivity contribution in [3.8, 4) is 0 Å². The molecule has 1 aromatic carbocycles. The van der Waals surface area contributed by atoms with Gasteiger partial charge in [0.05, 0.1) is 0 Å². The van der Waals surface area contributed by atoms with Gasteiger partial charge < -0.3 is 5.32 Å². The number of nitrogens with zero attached hydrogens (tertiary/aromatic N) is 1. The molecule has 1 saturated heterocycles. The Labute approximate surface area is 109 Å². The first-order valence-electron chi connectivity index (χ1n) is 6.85. The Morgan fingerprint density at radius 2 is 1.67 bits per heavy atom. The van der Waals surface area contributed by atoms with Gasteiger partial charge in [0.1, 0.15) is 5.82 Å². The van der Waals surface area contributed by atoms with Gasteiger partial charge in [0.15, 0.2) is 0 Å². The number of nitrogens with one attached hydrogen (secondary N) is 1. The van der Waals surface area contributed by atoms with Gasteiger partial charge in [-0.3, -0.25) is 4.90 Å². The van der Waals surface area contributed by atoms with Crippen molar-refractivity contribution < 1.29 is 4.39 Å². The monoisotopic (exact) mass is 250 g/mol. The second-order valence-electron chi connectivity index (χ2n) is 5.28. The van der Waals surface area contributed by atoms with Crippen molar-refractivity contribution in [1.82, 2.24) is 10.2 Å². The lowest BCUT2D eigenvalue weighted by molar-refractivity contribution is 0.244. The molecule has 1 aliphatic heterocycles. The molecule has 1 N–H and O–H groups in total. The lowest BCUT2D eigenvalue weighted by Crippen LogP contribution is -2.33. The van der Waals surface area contributed by atoms with Crippen molar-refractivity contribution in [1.29, 1.82) is 0 Å². The maximum Gasteiger partial charge on any atom is 0.129 e. The molecule has 0 atom stereocenters. The van der Waals surface area contributed by atoms with Crippen molar-refractivity contribution in [2.75, 3.05) is 26.2 Å². The number of aryl methyl sites for hydroxylation is 2. The SMILES string of the molecule is Cc1cc(CN2CCCNCCC2)cc(C)c1F. The minimum Gasteiger partial charge on any atom is -0.317 e. The van der Waals surface area contributed by atoms with Crippen LogP contribution in [0.1, 0.15) is 29.5 Å². The summed E-state index contributed by atoms with van der Waals surface area (Å²) in [6.07, 6.45) is 2.39. The fraction of sp³-hybridized carbons (Fsp3) is 0.600. The average Bonchev–Trinajstić information content (AvgIpc) is 2.29. The summed E-state index contributed by atoms with van der Waals surface area (Å²) in [5.41, 5.74) is 2.76. The van der Waals surface area contributed by atoms with Crippen LogP contribution in [0.3, 0.4) is 0 Å². The van der Waals surface area contributed by atoms with E-state index in [2.05, 4.69) is 10.2 Å². The van der Waals surface area contributed by atoms with E-state index < -0.39 is 0 Å². The number of rotatable bonds is 2. The topological polar surface area (TPSA) is 15.3 Å². The van der Waals surface area contributed by atoms with Crippen molar-refractivity contribution in [3.63, 3.8) is 0 Å². The molecule has 0 aliphatic carbocycles. The van der Waals surface area contributed by atoms with Crippen LogP contribution in [0.5, 0.6) is 0 Å². The van der Waals surface area contributed by atoms with E-state index in [0.717, 1.165) is 43.9 Å². The summed E-state index contributed by atoms with van der Waals surface area (Å²) in [6, 6.07) is 3.97. The number of hydrogen-bond donors (Lipinski definition) is 1. The zero-order valence-corrected chi connectivity index (χ0v) is 11.4. The Kier molecular flexibility index (Phi) is 4.72. The molecule has 2 rings (SSSR count). The Morgan fingerprint density at radius 3 is 2.22 bits per heavy atom. The fourth-order valence-electron chi connectivity index (χ4n) is 2.64. The van der Waals surface area contributed by atoms with Gasteiger partial charge in [0.2, 0.25) is 0 Å². The van der Waals surface area contributed by atoms with Crippen LogP contribution >= 0.6 is 0 Å². The highest BCUT2D eigenvalue weighted by Crippen LogP contribution is 2.16. The predicted molar refractivity (Wildman–Crippen MR) is 73.3 cm³/mol. The Hall–Kier alpha value is -0.930. The summed E-state index contributed by atoms with van der Waals surface area (Å²) in [7, 11) is 0.